The van der Waals surface area contributed by atoms with Crippen LogP contribution in [0.5, 0.6) is 0 Å². The van der Waals surface area contributed by atoms with E-state index < -0.39 is 10.8 Å². The Hall–Kier alpha value is -1.77. The molecule has 3 unspecified atom stereocenters. The number of ketones is 2. The molecule has 39 heavy (non-hydrogen) atoms. The van der Waals surface area contributed by atoms with Crippen molar-refractivity contribution < 1.29 is 14.3 Å². The molecule has 4 fully saturated rings. The molecule has 0 spiro atoms. The first-order valence-corrected chi connectivity index (χ1v) is 15.4. The van der Waals surface area contributed by atoms with Crippen molar-refractivity contribution in [1.82, 2.24) is 4.90 Å². The third-order valence-corrected chi connectivity index (χ3v) is 13.4. The molecule has 0 N–H and O–H groups in total. The van der Waals surface area contributed by atoms with Crippen molar-refractivity contribution in [3.05, 3.63) is 23.3 Å². The van der Waals surface area contributed by atoms with Gasteiger partial charge in [-0.25, -0.2) is 0 Å². The molecule has 0 aromatic heterocycles. The van der Waals surface area contributed by atoms with E-state index in [1.54, 1.807) is 0 Å². The molecule has 1 saturated heterocycles. The number of ether oxygens (including phenoxy) is 1. The zero-order chi connectivity index (χ0) is 28.2. The largest absolute Gasteiger partial charge is 0.365 e. The van der Waals surface area contributed by atoms with E-state index in [1.165, 1.54) is 18.4 Å². The summed E-state index contributed by atoms with van der Waals surface area (Å²) in [5, 5.41) is 9.93. The standard InChI is InChI=1S/C34H48N2O3/c1-29(2)10-12-34(20-36-14-15-39-21-36)13-11-33(7)27(23(34)18-29)24(37)16-26-31(5)17-22(19-35)28(38)30(3,4)25(31)8-9-32(26,33)6/h16-17,23,25,27H,8-15,18,20-21H2,1-7H3/t23?,25?,27?,31-,32+,33+,34+/m0/s1. The van der Waals surface area contributed by atoms with Crippen LogP contribution in [0.15, 0.2) is 23.3 Å². The highest BCUT2D eigenvalue weighted by Gasteiger charge is 2.69. The molecule has 212 valence electrons. The van der Waals surface area contributed by atoms with Crippen LogP contribution < -0.4 is 0 Å². The SMILES string of the molecule is CC1(C)CC[C@]2(CN3CCOC3)CC[C@]3(C)C(C(=O)C=C4[C@@]5(C)C=C(C#N)C(=O)C(C)(C)C5CC[C@]43C)C2C1. The van der Waals surface area contributed by atoms with Gasteiger partial charge in [-0.1, -0.05) is 60.1 Å². The summed E-state index contributed by atoms with van der Waals surface area (Å²) in [7, 11) is 0. The number of fused-ring (bicyclic) bond motifs is 7. The van der Waals surface area contributed by atoms with Crippen LogP contribution >= 0.6 is 0 Å². The first-order valence-electron chi connectivity index (χ1n) is 15.4. The van der Waals surface area contributed by atoms with E-state index in [-0.39, 0.29) is 44.9 Å². The Morgan fingerprint density at radius 1 is 1.03 bits per heavy atom. The molecule has 0 radical (unpaired) electrons. The highest BCUT2D eigenvalue weighted by atomic mass is 16.5. The van der Waals surface area contributed by atoms with Crippen LogP contribution in [0.3, 0.4) is 0 Å². The van der Waals surface area contributed by atoms with Crippen LogP contribution in [-0.4, -0.2) is 42.9 Å². The molecule has 7 atom stereocenters. The number of nitriles is 1. The van der Waals surface area contributed by atoms with E-state index in [9.17, 15) is 14.9 Å². The molecular weight excluding hydrogens is 484 g/mol. The van der Waals surface area contributed by atoms with E-state index in [1.807, 2.05) is 26.0 Å². The summed E-state index contributed by atoms with van der Waals surface area (Å²) in [5.74, 6) is 0.732. The summed E-state index contributed by atoms with van der Waals surface area (Å²) in [4.78, 5) is 30.4. The molecule has 0 aromatic rings. The fraction of sp³-hybridized carbons (Fsp3) is 0.794. The fourth-order valence-electron chi connectivity index (χ4n) is 11.0. The molecule has 5 aliphatic carbocycles. The van der Waals surface area contributed by atoms with Gasteiger partial charge in [0, 0.05) is 29.8 Å². The lowest BCUT2D eigenvalue weighted by molar-refractivity contribution is -0.174. The van der Waals surface area contributed by atoms with E-state index in [0.717, 1.165) is 58.5 Å². The highest BCUT2D eigenvalue weighted by Crippen LogP contribution is 2.74. The van der Waals surface area contributed by atoms with Crippen molar-refractivity contribution in [3.8, 4) is 6.07 Å². The summed E-state index contributed by atoms with van der Waals surface area (Å²) in [6.07, 6.45) is 11.7. The average molecular weight is 533 g/mol. The van der Waals surface area contributed by atoms with Crippen molar-refractivity contribution in [2.24, 2.45) is 50.2 Å². The number of allylic oxidation sites excluding steroid dienone is 4. The molecular formula is C34H48N2O3. The number of hydrogen-bond donors (Lipinski definition) is 0. The Kier molecular flexibility index (Phi) is 5.89. The minimum Gasteiger partial charge on any atom is -0.365 e. The Morgan fingerprint density at radius 2 is 1.74 bits per heavy atom. The van der Waals surface area contributed by atoms with E-state index in [4.69, 9.17) is 4.74 Å². The molecule has 6 aliphatic rings. The maximum atomic E-state index is 14.6. The number of nitrogens with zero attached hydrogens (tertiary/aromatic N) is 2. The Bertz CT molecular complexity index is 1220. The molecule has 1 heterocycles. The van der Waals surface area contributed by atoms with Gasteiger partial charge in [0.2, 0.25) is 0 Å². The van der Waals surface area contributed by atoms with Gasteiger partial charge in [-0.05, 0) is 84.5 Å². The van der Waals surface area contributed by atoms with Gasteiger partial charge in [0.1, 0.15) is 6.07 Å². The monoisotopic (exact) mass is 532 g/mol. The topological polar surface area (TPSA) is 70.4 Å². The second-order valence-electron chi connectivity index (χ2n) is 16.2. The quantitative estimate of drug-likeness (QED) is 0.406. The van der Waals surface area contributed by atoms with Crippen molar-refractivity contribution in [3.63, 3.8) is 0 Å². The van der Waals surface area contributed by atoms with Crippen molar-refractivity contribution in [2.75, 3.05) is 26.4 Å². The van der Waals surface area contributed by atoms with Gasteiger partial charge in [0.25, 0.3) is 0 Å². The number of carbonyl (C=O) groups is 2. The zero-order valence-electron chi connectivity index (χ0n) is 25.3. The average Bonchev–Trinajstić information content (AvgIpc) is 3.36. The highest BCUT2D eigenvalue weighted by molar-refractivity contribution is 6.04. The number of carbonyl (C=O) groups excluding carboxylic acids is 2. The van der Waals surface area contributed by atoms with Crippen LogP contribution in [0, 0.1) is 61.6 Å². The lowest BCUT2D eigenvalue weighted by Gasteiger charge is -2.69. The van der Waals surface area contributed by atoms with Crippen molar-refractivity contribution >= 4 is 11.6 Å². The number of rotatable bonds is 2. The first-order chi connectivity index (χ1) is 18.1. The number of hydrogen-bond acceptors (Lipinski definition) is 5. The van der Waals surface area contributed by atoms with E-state index in [2.05, 4.69) is 45.6 Å². The third-order valence-electron chi connectivity index (χ3n) is 13.4. The predicted octanol–water partition coefficient (Wildman–Crippen LogP) is 6.50. The molecule has 3 saturated carbocycles. The van der Waals surface area contributed by atoms with Gasteiger partial charge >= 0.3 is 0 Å². The van der Waals surface area contributed by atoms with E-state index in [0.29, 0.717) is 11.7 Å². The van der Waals surface area contributed by atoms with Gasteiger partial charge in [-0.2, -0.15) is 5.26 Å². The molecule has 6 rings (SSSR count). The molecule has 5 heteroatoms. The van der Waals surface area contributed by atoms with Crippen LogP contribution in [0.2, 0.25) is 0 Å². The Morgan fingerprint density at radius 3 is 2.41 bits per heavy atom. The number of Topliss-reactive ketones (excluding diaryl/α,β-unsaturated/α-hetero) is 1. The smallest absolute Gasteiger partial charge is 0.178 e. The second kappa shape index (κ2) is 8.39. The summed E-state index contributed by atoms with van der Waals surface area (Å²) in [5.41, 5.74) is 0.496. The van der Waals surface area contributed by atoms with Gasteiger partial charge < -0.3 is 4.74 Å². The van der Waals surface area contributed by atoms with Gasteiger partial charge in [-0.3, -0.25) is 14.5 Å². The van der Waals surface area contributed by atoms with Crippen LogP contribution in [0.1, 0.15) is 93.4 Å². The molecule has 0 aromatic carbocycles. The maximum Gasteiger partial charge on any atom is 0.178 e. The Balaban J connectivity index is 1.48. The van der Waals surface area contributed by atoms with Crippen LogP contribution in [0.4, 0.5) is 0 Å². The van der Waals surface area contributed by atoms with Gasteiger partial charge in [-0.15, -0.1) is 0 Å². The second-order valence-corrected chi connectivity index (χ2v) is 16.2. The first kappa shape index (κ1) is 27.4. The summed E-state index contributed by atoms with van der Waals surface area (Å²) < 4.78 is 5.75. The summed E-state index contributed by atoms with van der Waals surface area (Å²) >= 11 is 0. The maximum absolute atomic E-state index is 14.6. The molecule has 0 bridgehead atoms. The lowest BCUT2D eigenvalue weighted by atomic mass is 9.34. The lowest BCUT2D eigenvalue weighted by Crippen LogP contribution is -2.65. The Labute approximate surface area is 235 Å². The molecule has 5 nitrogen and oxygen atoms in total. The fourth-order valence-corrected chi connectivity index (χ4v) is 11.0. The van der Waals surface area contributed by atoms with Crippen LogP contribution in [-0.2, 0) is 14.3 Å². The van der Waals surface area contributed by atoms with Gasteiger partial charge in [0.05, 0.1) is 18.9 Å². The summed E-state index contributed by atoms with van der Waals surface area (Å²) in [6, 6.07) is 2.22. The summed E-state index contributed by atoms with van der Waals surface area (Å²) in [6.45, 7) is 19.5. The van der Waals surface area contributed by atoms with Crippen LogP contribution in [0.25, 0.3) is 0 Å². The minimum absolute atomic E-state index is 0.0147. The van der Waals surface area contributed by atoms with Crippen molar-refractivity contribution in [2.45, 2.75) is 93.4 Å². The molecule has 1 aliphatic heterocycles. The zero-order valence-corrected chi connectivity index (χ0v) is 25.3. The van der Waals surface area contributed by atoms with Gasteiger partial charge in [0.15, 0.2) is 11.6 Å². The predicted molar refractivity (Wildman–Crippen MR) is 151 cm³/mol. The third kappa shape index (κ3) is 3.56. The van der Waals surface area contributed by atoms with Crippen molar-refractivity contribution in [1.29, 1.82) is 5.26 Å². The normalized spacial score (nSPS) is 46.7. The minimum atomic E-state index is -0.621. The molecule has 0 amide bonds. The van der Waals surface area contributed by atoms with E-state index >= 15 is 0 Å².